The molecule has 0 fully saturated rings. The summed E-state index contributed by atoms with van der Waals surface area (Å²) >= 11 is 0. The lowest BCUT2D eigenvalue weighted by molar-refractivity contribution is 0.208. The Hall–Kier alpha value is -2.60. The molecule has 0 saturated carbocycles. The number of nitrogens with zero attached hydrogens (tertiary/aromatic N) is 4. The molecule has 0 aliphatic rings. The summed E-state index contributed by atoms with van der Waals surface area (Å²) in [4.78, 5) is 17.2. The number of aliphatic hydroxyl groups excluding tert-OH is 1. The van der Waals surface area contributed by atoms with Gasteiger partial charge in [0.2, 0.25) is 0 Å². The Kier molecular flexibility index (Phi) is 3.70. The fraction of sp³-hybridized carbons (Fsp3) is 0.200. The smallest absolute Gasteiger partial charge is 0.162 e. The zero-order valence-corrected chi connectivity index (χ0v) is 11.6. The van der Waals surface area contributed by atoms with Crippen molar-refractivity contribution < 1.29 is 5.11 Å². The molecule has 3 heterocycles. The van der Waals surface area contributed by atoms with Gasteiger partial charge in [-0.25, -0.2) is 9.97 Å². The Morgan fingerprint density at radius 2 is 1.86 bits per heavy atom. The van der Waals surface area contributed by atoms with Crippen LogP contribution in [0.25, 0.3) is 22.3 Å². The summed E-state index contributed by atoms with van der Waals surface area (Å²) in [7, 11) is 0. The van der Waals surface area contributed by atoms with Gasteiger partial charge in [-0.05, 0) is 25.1 Å². The topological polar surface area (TPSA) is 83.8 Å². The Labute approximate surface area is 121 Å². The monoisotopic (exact) mass is 281 g/mol. The largest absolute Gasteiger partial charge is 0.392 e. The predicted octanol–water partition coefficient (Wildman–Crippen LogP) is 1.88. The van der Waals surface area contributed by atoms with Crippen molar-refractivity contribution in [2.24, 2.45) is 0 Å². The lowest BCUT2D eigenvalue weighted by Crippen LogP contribution is -2.16. The molecule has 6 heteroatoms. The highest BCUT2D eigenvalue weighted by Gasteiger charge is 2.09. The van der Waals surface area contributed by atoms with Gasteiger partial charge < -0.3 is 10.4 Å². The van der Waals surface area contributed by atoms with Crippen LogP contribution in [0.1, 0.15) is 6.92 Å². The lowest BCUT2D eigenvalue weighted by Gasteiger charge is -2.11. The van der Waals surface area contributed by atoms with Crippen LogP contribution >= 0.6 is 0 Å². The number of rotatable bonds is 4. The van der Waals surface area contributed by atoms with E-state index in [1.807, 2.05) is 18.2 Å². The van der Waals surface area contributed by atoms with Gasteiger partial charge in [-0.15, -0.1) is 0 Å². The molecule has 0 saturated heterocycles. The van der Waals surface area contributed by atoms with E-state index in [2.05, 4.69) is 25.3 Å². The first-order chi connectivity index (χ1) is 10.2. The molecule has 2 N–H and O–H groups in total. The summed E-state index contributed by atoms with van der Waals surface area (Å²) in [5, 5.41) is 13.5. The fourth-order valence-corrected chi connectivity index (χ4v) is 1.99. The van der Waals surface area contributed by atoms with E-state index >= 15 is 0 Å². The van der Waals surface area contributed by atoms with Crippen LogP contribution in [0.5, 0.6) is 0 Å². The second-order valence-electron chi connectivity index (χ2n) is 4.75. The molecule has 3 aromatic rings. The zero-order valence-electron chi connectivity index (χ0n) is 11.6. The van der Waals surface area contributed by atoms with Gasteiger partial charge in [-0.2, -0.15) is 0 Å². The number of aliphatic hydroxyl groups is 1. The Morgan fingerprint density at radius 3 is 2.62 bits per heavy atom. The Bertz CT molecular complexity index is 745. The summed E-state index contributed by atoms with van der Waals surface area (Å²) in [6.07, 6.45) is 6.35. The molecule has 21 heavy (non-hydrogen) atoms. The quantitative estimate of drug-likeness (QED) is 0.759. The fourth-order valence-electron chi connectivity index (χ4n) is 1.99. The normalized spacial score (nSPS) is 12.3. The number of aromatic nitrogens is 4. The van der Waals surface area contributed by atoms with Gasteiger partial charge in [0, 0.05) is 36.1 Å². The second-order valence-corrected chi connectivity index (χ2v) is 4.75. The van der Waals surface area contributed by atoms with Crippen LogP contribution in [0.2, 0.25) is 0 Å². The molecule has 0 spiro atoms. The molecule has 1 atom stereocenters. The predicted molar refractivity (Wildman–Crippen MR) is 80.7 cm³/mol. The van der Waals surface area contributed by atoms with Crippen LogP contribution in [0.4, 0.5) is 5.82 Å². The Morgan fingerprint density at radius 1 is 1.10 bits per heavy atom. The van der Waals surface area contributed by atoms with Crippen LogP contribution in [0.3, 0.4) is 0 Å². The standard InChI is InChI=1S/C15H15N5O/c1-10(21)8-18-15-12-4-7-17-9-13(12)19-14(20-15)11-2-5-16-6-3-11/h2-7,9-10,21H,8H2,1H3,(H,18,19,20). The van der Waals surface area contributed by atoms with E-state index in [4.69, 9.17) is 0 Å². The highest BCUT2D eigenvalue weighted by Crippen LogP contribution is 2.23. The summed E-state index contributed by atoms with van der Waals surface area (Å²) in [6.45, 7) is 2.14. The molecule has 0 aliphatic carbocycles. The number of pyridine rings is 2. The molecule has 1 unspecified atom stereocenters. The first-order valence-electron chi connectivity index (χ1n) is 6.68. The number of nitrogens with one attached hydrogen (secondary N) is 1. The van der Waals surface area contributed by atoms with Gasteiger partial charge in [0.25, 0.3) is 0 Å². The first-order valence-corrected chi connectivity index (χ1v) is 6.68. The number of fused-ring (bicyclic) bond motifs is 1. The van der Waals surface area contributed by atoms with Gasteiger partial charge in [-0.3, -0.25) is 9.97 Å². The van der Waals surface area contributed by atoms with E-state index in [-0.39, 0.29) is 0 Å². The molecular formula is C15H15N5O. The molecule has 106 valence electrons. The van der Waals surface area contributed by atoms with Crippen molar-refractivity contribution in [2.45, 2.75) is 13.0 Å². The molecule has 0 aliphatic heterocycles. The maximum atomic E-state index is 9.45. The van der Waals surface area contributed by atoms with E-state index in [9.17, 15) is 5.11 Å². The van der Waals surface area contributed by atoms with Gasteiger partial charge in [0.15, 0.2) is 5.82 Å². The minimum Gasteiger partial charge on any atom is -0.392 e. The average molecular weight is 281 g/mol. The molecule has 3 aromatic heterocycles. The van der Waals surface area contributed by atoms with Crippen molar-refractivity contribution in [3.8, 4) is 11.4 Å². The average Bonchev–Trinajstić information content (AvgIpc) is 2.53. The van der Waals surface area contributed by atoms with Crippen molar-refractivity contribution in [3.05, 3.63) is 43.0 Å². The SMILES string of the molecule is CC(O)CNc1nc(-c2ccncc2)nc2cnccc12. The van der Waals surface area contributed by atoms with Crippen LogP contribution in [-0.4, -0.2) is 37.7 Å². The zero-order chi connectivity index (χ0) is 14.7. The molecule has 0 radical (unpaired) electrons. The molecule has 0 aromatic carbocycles. The highest BCUT2D eigenvalue weighted by molar-refractivity contribution is 5.89. The van der Waals surface area contributed by atoms with E-state index in [1.165, 1.54) is 0 Å². The maximum absolute atomic E-state index is 9.45. The Balaban J connectivity index is 2.10. The number of hydrogen-bond donors (Lipinski definition) is 2. The van der Waals surface area contributed by atoms with E-state index in [0.29, 0.717) is 18.2 Å². The molecule has 0 amide bonds. The van der Waals surface area contributed by atoms with Gasteiger partial charge in [-0.1, -0.05) is 0 Å². The minimum absolute atomic E-state index is 0.421. The third-order valence-electron chi connectivity index (χ3n) is 3.00. The third-order valence-corrected chi connectivity index (χ3v) is 3.00. The lowest BCUT2D eigenvalue weighted by atomic mass is 10.2. The number of hydrogen-bond acceptors (Lipinski definition) is 6. The summed E-state index contributed by atoms with van der Waals surface area (Å²) < 4.78 is 0. The molecule has 0 bridgehead atoms. The van der Waals surface area contributed by atoms with Crippen molar-refractivity contribution in [2.75, 3.05) is 11.9 Å². The minimum atomic E-state index is -0.457. The van der Waals surface area contributed by atoms with Gasteiger partial charge in [0.05, 0.1) is 17.8 Å². The second kappa shape index (κ2) is 5.80. The van der Waals surface area contributed by atoms with Crippen molar-refractivity contribution >= 4 is 16.7 Å². The number of anilines is 1. The van der Waals surface area contributed by atoms with E-state index in [0.717, 1.165) is 16.5 Å². The first kappa shape index (κ1) is 13.4. The van der Waals surface area contributed by atoms with Crippen molar-refractivity contribution in [1.82, 2.24) is 19.9 Å². The maximum Gasteiger partial charge on any atom is 0.162 e. The van der Waals surface area contributed by atoms with Crippen molar-refractivity contribution in [3.63, 3.8) is 0 Å². The van der Waals surface area contributed by atoms with Crippen LogP contribution in [-0.2, 0) is 0 Å². The summed E-state index contributed by atoms with van der Waals surface area (Å²) in [5.74, 6) is 1.29. The van der Waals surface area contributed by atoms with E-state index in [1.54, 1.807) is 31.7 Å². The molecule has 6 nitrogen and oxygen atoms in total. The van der Waals surface area contributed by atoms with Crippen LogP contribution in [0, 0.1) is 0 Å². The van der Waals surface area contributed by atoms with Gasteiger partial charge >= 0.3 is 0 Å². The third kappa shape index (κ3) is 2.95. The van der Waals surface area contributed by atoms with Crippen LogP contribution < -0.4 is 5.32 Å². The van der Waals surface area contributed by atoms with Crippen LogP contribution in [0.15, 0.2) is 43.0 Å². The molecular weight excluding hydrogens is 266 g/mol. The van der Waals surface area contributed by atoms with E-state index < -0.39 is 6.10 Å². The molecule has 3 rings (SSSR count). The summed E-state index contributed by atoms with van der Waals surface area (Å²) in [6, 6.07) is 5.57. The van der Waals surface area contributed by atoms with Gasteiger partial charge in [0.1, 0.15) is 5.82 Å². The highest BCUT2D eigenvalue weighted by atomic mass is 16.3. The summed E-state index contributed by atoms with van der Waals surface area (Å²) in [5.41, 5.74) is 1.64. The van der Waals surface area contributed by atoms with Crippen molar-refractivity contribution in [1.29, 1.82) is 0 Å².